The summed E-state index contributed by atoms with van der Waals surface area (Å²) >= 11 is 1.37. The van der Waals surface area contributed by atoms with Gasteiger partial charge in [-0.25, -0.2) is 4.79 Å². The lowest BCUT2D eigenvalue weighted by Crippen LogP contribution is -2.27. The van der Waals surface area contributed by atoms with E-state index in [9.17, 15) is 4.79 Å². The maximum Gasteiger partial charge on any atom is 0.323 e. The van der Waals surface area contributed by atoms with Crippen LogP contribution in [0.5, 0.6) is 5.75 Å². The molecule has 0 unspecified atom stereocenters. The van der Waals surface area contributed by atoms with E-state index in [0.717, 1.165) is 10.8 Å². The second kappa shape index (κ2) is 5.23. The molecule has 0 bridgehead atoms. The summed E-state index contributed by atoms with van der Waals surface area (Å²) in [6.45, 7) is 1.64. The summed E-state index contributed by atoms with van der Waals surface area (Å²) in [5.41, 5.74) is 0. The molecule has 1 aliphatic heterocycles. The van der Waals surface area contributed by atoms with Gasteiger partial charge >= 0.3 is 6.03 Å². The van der Waals surface area contributed by atoms with Gasteiger partial charge in [0.25, 0.3) is 0 Å². The Morgan fingerprint density at radius 2 is 2.16 bits per heavy atom. The number of aromatic nitrogens is 2. The third-order valence-corrected chi connectivity index (χ3v) is 3.57. The van der Waals surface area contributed by atoms with Crippen molar-refractivity contribution in [3.8, 4) is 5.75 Å². The molecular weight excluding hydrogens is 264 g/mol. The van der Waals surface area contributed by atoms with E-state index in [1.54, 1.807) is 4.90 Å². The lowest BCUT2D eigenvalue weighted by Gasteiger charge is -2.07. The second-order valence-electron chi connectivity index (χ2n) is 3.96. The van der Waals surface area contributed by atoms with Gasteiger partial charge in [0.1, 0.15) is 12.4 Å². The van der Waals surface area contributed by atoms with Crippen LogP contribution >= 0.6 is 11.3 Å². The van der Waals surface area contributed by atoms with Crippen molar-refractivity contribution in [3.05, 3.63) is 35.3 Å². The van der Waals surface area contributed by atoms with Crippen molar-refractivity contribution in [2.75, 3.05) is 18.0 Å². The normalized spacial score (nSPS) is 14.5. The number of hydrogen-bond donors (Lipinski definition) is 1. The van der Waals surface area contributed by atoms with E-state index in [-0.39, 0.29) is 6.03 Å². The summed E-state index contributed by atoms with van der Waals surface area (Å²) in [4.78, 5) is 13.1. The molecule has 0 spiro atoms. The molecule has 2 amide bonds. The molecule has 0 aliphatic carbocycles. The highest BCUT2D eigenvalue weighted by Crippen LogP contribution is 2.22. The van der Waals surface area contributed by atoms with Crippen molar-refractivity contribution in [1.29, 1.82) is 0 Å². The SMILES string of the molecule is O=C1NCCN1c1nnc(COc2ccccc2)s1. The van der Waals surface area contributed by atoms with Crippen LogP contribution in [-0.4, -0.2) is 29.3 Å². The van der Waals surface area contributed by atoms with Gasteiger partial charge in [-0.15, -0.1) is 10.2 Å². The van der Waals surface area contributed by atoms with Crippen LogP contribution in [0.3, 0.4) is 0 Å². The lowest BCUT2D eigenvalue weighted by atomic mass is 10.3. The Balaban J connectivity index is 1.64. The van der Waals surface area contributed by atoms with Gasteiger partial charge in [-0.2, -0.15) is 0 Å². The molecule has 1 aromatic heterocycles. The van der Waals surface area contributed by atoms with Crippen LogP contribution in [0.1, 0.15) is 5.01 Å². The van der Waals surface area contributed by atoms with Crippen LogP contribution in [0.2, 0.25) is 0 Å². The molecule has 0 saturated carbocycles. The van der Waals surface area contributed by atoms with Gasteiger partial charge in [0.15, 0.2) is 5.01 Å². The van der Waals surface area contributed by atoms with Crippen LogP contribution in [0.25, 0.3) is 0 Å². The molecule has 19 heavy (non-hydrogen) atoms. The predicted molar refractivity (Wildman–Crippen MR) is 71.4 cm³/mol. The summed E-state index contributed by atoms with van der Waals surface area (Å²) in [7, 11) is 0. The zero-order valence-electron chi connectivity index (χ0n) is 10.1. The molecule has 7 heteroatoms. The monoisotopic (exact) mass is 276 g/mol. The van der Waals surface area contributed by atoms with Crippen LogP contribution in [0.4, 0.5) is 9.93 Å². The number of benzene rings is 1. The molecule has 0 radical (unpaired) electrons. The van der Waals surface area contributed by atoms with Gasteiger partial charge in [-0.3, -0.25) is 4.90 Å². The third kappa shape index (κ3) is 2.65. The predicted octanol–water partition coefficient (Wildman–Crippen LogP) is 1.65. The molecule has 1 saturated heterocycles. The summed E-state index contributed by atoms with van der Waals surface area (Å²) in [6, 6.07) is 9.41. The van der Waals surface area contributed by atoms with Crippen LogP contribution in [-0.2, 0) is 6.61 Å². The molecule has 1 aromatic carbocycles. The summed E-state index contributed by atoms with van der Waals surface area (Å²) < 4.78 is 5.58. The standard InChI is InChI=1S/C12H12N4O2S/c17-11-13-6-7-16(11)12-15-14-10(19-12)8-18-9-4-2-1-3-5-9/h1-5H,6-8H2,(H,13,17). The Labute approximate surface area is 114 Å². The number of amides is 2. The van der Waals surface area contributed by atoms with Crippen molar-refractivity contribution in [2.45, 2.75) is 6.61 Å². The Bertz CT molecular complexity index is 572. The summed E-state index contributed by atoms with van der Waals surface area (Å²) in [5, 5.41) is 12.1. The zero-order valence-corrected chi connectivity index (χ0v) is 10.9. The van der Waals surface area contributed by atoms with Gasteiger partial charge in [-0.1, -0.05) is 29.5 Å². The van der Waals surface area contributed by atoms with Crippen LogP contribution in [0.15, 0.2) is 30.3 Å². The van der Waals surface area contributed by atoms with Crippen molar-refractivity contribution < 1.29 is 9.53 Å². The van der Waals surface area contributed by atoms with Gasteiger partial charge in [0.05, 0.1) is 0 Å². The number of nitrogens with zero attached hydrogens (tertiary/aromatic N) is 3. The fraction of sp³-hybridized carbons (Fsp3) is 0.250. The smallest absolute Gasteiger partial charge is 0.323 e. The van der Waals surface area contributed by atoms with Gasteiger partial charge in [0, 0.05) is 13.1 Å². The number of rotatable bonds is 4. The van der Waals surface area contributed by atoms with Gasteiger partial charge < -0.3 is 10.1 Å². The highest BCUT2D eigenvalue weighted by atomic mass is 32.1. The quantitative estimate of drug-likeness (QED) is 0.922. The van der Waals surface area contributed by atoms with Crippen LogP contribution in [0, 0.1) is 0 Å². The number of anilines is 1. The molecule has 1 aliphatic rings. The number of hydrogen-bond acceptors (Lipinski definition) is 5. The first-order valence-corrected chi connectivity index (χ1v) is 6.70. The number of nitrogens with one attached hydrogen (secondary N) is 1. The Morgan fingerprint density at radius 3 is 2.89 bits per heavy atom. The Hall–Kier alpha value is -2.15. The molecule has 2 heterocycles. The molecule has 0 atom stereocenters. The highest BCUT2D eigenvalue weighted by Gasteiger charge is 2.24. The first kappa shape index (κ1) is 11.9. The number of carbonyl (C=O) groups is 1. The largest absolute Gasteiger partial charge is 0.486 e. The van der Waals surface area contributed by atoms with E-state index in [1.807, 2.05) is 30.3 Å². The molecule has 2 aromatic rings. The second-order valence-corrected chi connectivity index (χ2v) is 5.00. The first-order chi connectivity index (χ1) is 9.33. The highest BCUT2D eigenvalue weighted by molar-refractivity contribution is 7.15. The molecule has 6 nitrogen and oxygen atoms in total. The molecule has 1 N–H and O–H groups in total. The number of urea groups is 1. The summed E-state index contributed by atoms with van der Waals surface area (Å²) in [5.74, 6) is 0.790. The third-order valence-electron chi connectivity index (χ3n) is 2.65. The van der Waals surface area contributed by atoms with Gasteiger partial charge in [0.2, 0.25) is 5.13 Å². The molecule has 98 valence electrons. The van der Waals surface area contributed by atoms with Gasteiger partial charge in [-0.05, 0) is 12.1 Å². The lowest BCUT2D eigenvalue weighted by molar-refractivity contribution is 0.252. The van der Waals surface area contributed by atoms with E-state index in [1.165, 1.54) is 11.3 Å². The summed E-state index contributed by atoms with van der Waals surface area (Å²) in [6.07, 6.45) is 0. The molecule has 3 rings (SSSR count). The zero-order chi connectivity index (χ0) is 13.1. The Morgan fingerprint density at radius 1 is 1.32 bits per heavy atom. The minimum atomic E-state index is -0.119. The number of carbonyl (C=O) groups excluding carboxylic acids is 1. The van der Waals surface area contributed by atoms with E-state index in [4.69, 9.17) is 4.74 Å². The number of ether oxygens (including phenoxy) is 1. The maximum atomic E-state index is 11.5. The van der Waals surface area contributed by atoms with E-state index < -0.39 is 0 Å². The van der Waals surface area contributed by atoms with E-state index >= 15 is 0 Å². The minimum Gasteiger partial charge on any atom is -0.486 e. The average molecular weight is 276 g/mol. The van der Waals surface area contributed by atoms with Crippen molar-refractivity contribution in [2.24, 2.45) is 0 Å². The fourth-order valence-corrected chi connectivity index (χ4v) is 2.50. The maximum absolute atomic E-state index is 11.5. The van der Waals surface area contributed by atoms with E-state index in [2.05, 4.69) is 15.5 Å². The number of para-hydroxylation sites is 1. The topological polar surface area (TPSA) is 67.4 Å². The first-order valence-electron chi connectivity index (χ1n) is 5.88. The van der Waals surface area contributed by atoms with Crippen LogP contribution < -0.4 is 15.0 Å². The Kier molecular flexibility index (Phi) is 3.28. The minimum absolute atomic E-state index is 0.119. The molecule has 1 fully saturated rings. The van der Waals surface area contributed by atoms with Crippen molar-refractivity contribution >= 4 is 22.5 Å². The molecular formula is C12H12N4O2S. The van der Waals surface area contributed by atoms with Crippen molar-refractivity contribution in [1.82, 2.24) is 15.5 Å². The average Bonchev–Trinajstić information content (AvgIpc) is 3.06. The van der Waals surface area contributed by atoms with Crippen molar-refractivity contribution in [3.63, 3.8) is 0 Å². The van der Waals surface area contributed by atoms with E-state index in [0.29, 0.717) is 24.8 Å². The fourth-order valence-electron chi connectivity index (χ4n) is 1.73.